The Kier molecular flexibility index (Phi) is 5.82. The fraction of sp³-hybridized carbons (Fsp3) is 0.562. The molecule has 13 heteroatoms. The molecule has 0 unspecified atom stereocenters. The highest BCUT2D eigenvalue weighted by Gasteiger charge is 2.42. The van der Waals surface area contributed by atoms with Crippen molar-refractivity contribution in [1.29, 1.82) is 0 Å². The topological polar surface area (TPSA) is 155 Å². The fourth-order valence-corrected chi connectivity index (χ4v) is 8.81. The number of aromatic carboxylic acids is 1. The number of benzene rings is 1. The van der Waals surface area contributed by atoms with Crippen LogP contribution in [0.25, 0.3) is 0 Å². The number of nitrogens with zero attached hydrogens (tertiary/aromatic N) is 1. The molecule has 1 aromatic carbocycles. The summed E-state index contributed by atoms with van der Waals surface area (Å²) < 4.78 is 75.0. The van der Waals surface area contributed by atoms with E-state index < -0.39 is 53.5 Å². The van der Waals surface area contributed by atoms with Crippen molar-refractivity contribution in [1.82, 2.24) is 9.84 Å². The van der Waals surface area contributed by atoms with Gasteiger partial charge in [0, 0.05) is 6.04 Å². The molecule has 2 fully saturated rings. The zero-order valence-corrected chi connectivity index (χ0v) is 18.1. The fourth-order valence-electron chi connectivity index (χ4n) is 3.53. The van der Waals surface area contributed by atoms with Gasteiger partial charge in [-0.15, -0.1) is 4.41 Å². The molecule has 2 atom stereocenters. The monoisotopic (exact) mass is 466 g/mol. The Morgan fingerprint density at radius 3 is 2.24 bits per heavy atom. The molecule has 2 heterocycles. The Morgan fingerprint density at radius 2 is 1.72 bits per heavy atom. The van der Waals surface area contributed by atoms with Crippen molar-refractivity contribution in [2.24, 2.45) is 0 Å². The number of sulfonamides is 1. The molecule has 0 radical (unpaired) electrons. The van der Waals surface area contributed by atoms with E-state index in [1.54, 1.807) is 0 Å². The molecule has 2 saturated heterocycles. The molecule has 0 aliphatic carbocycles. The summed E-state index contributed by atoms with van der Waals surface area (Å²) in [6.07, 6.45) is 0.258. The minimum atomic E-state index is -4.35. The van der Waals surface area contributed by atoms with Crippen molar-refractivity contribution in [3.8, 4) is 0 Å². The van der Waals surface area contributed by atoms with Gasteiger partial charge in [-0.05, 0) is 37.5 Å². The summed E-state index contributed by atoms with van der Waals surface area (Å²) in [6.45, 7) is 1.50. The second-order valence-corrected chi connectivity index (χ2v) is 13.6. The van der Waals surface area contributed by atoms with Crippen LogP contribution in [-0.4, -0.2) is 75.8 Å². The first kappa shape index (κ1) is 22.2. The van der Waals surface area contributed by atoms with Gasteiger partial charge in [0.05, 0.1) is 39.5 Å². The molecule has 162 valence electrons. The smallest absolute Gasteiger partial charge is 0.335 e. The van der Waals surface area contributed by atoms with Crippen LogP contribution in [0.2, 0.25) is 0 Å². The summed E-state index contributed by atoms with van der Waals surface area (Å²) in [7, 11) is -11.1. The number of carbonyl (C=O) groups is 1. The Hall–Kier alpha value is -1.54. The number of carboxylic acid groups (broad SMARTS) is 1. The van der Waals surface area contributed by atoms with Gasteiger partial charge in [0.25, 0.3) is 10.0 Å². The first-order valence-electron chi connectivity index (χ1n) is 8.86. The van der Waals surface area contributed by atoms with Gasteiger partial charge in [0.2, 0.25) is 0 Å². The van der Waals surface area contributed by atoms with E-state index in [2.05, 4.69) is 5.43 Å². The Morgan fingerprint density at radius 1 is 1.10 bits per heavy atom. The lowest BCUT2D eigenvalue weighted by molar-refractivity contribution is 0.0696. The number of sulfone groups is 2. The summed E-state index contributed by atoms with van der Waals surface area (Å²) in [6, 6.07) is 2.07. The van der Waals surface area contributed by atoms with E-state index >= 15 is 0 Å². The second kappa shape index (κ2) is 7.61. The first-order valence-corrected chi connectivity index (χ1v) is 13.9. The average molecular weight is 467 g/mol. The van der Waals surface area contributed by atoms with Crippen LogP contribution in [0.3, 0.4) is 0 Å². The van der Waals surface area contributed by atoms with Crippen molar-refractivity contribution in [2.75, 3.05) is 23.0 Å². The summed E-state index contributed by atoms with van der Waals surface area (Å²) in [5, 5.41) is 9.20. The van der Waals surface area contributed by atoms with Gasteiger partial charge < -0.3 is 5.11 Å². The van der Waals surface area contributed by atoms with Gasteiger partial charge in [-0.1, -0.05) is 6.07 Å². The summed E-state index contributed by atoms with van der Waals surface area (Å²) in [5.74, 6) is -2.22. The lowest BCUT2D eigenvalue weighted by atomic mass is 10.1. The Balaban J connectivity index is 2.03. The highest BCUT2D eigenvalue weighted by atomic mass is 32.2. The molecule has 0 saturated carbocycles. The van der Waals surface area contributed by atoms with E-state index in [-0.39, 0.29) is 40.6 Å². The number of hydrazine groups is 1. The number of hydrogen-bond acceptors (Lipinski definition) is 8. The third-order valence-corrected chi connectivity index (χ3v) is 10.5. The van der Waals surface area contributed by atoms with Crippen molar-refractivity contribution < 1.29 is 35.2 Å². The van der Waals surface area contributed by atoms with Gasteiger partial charge in [-0.25, -0.2) is 35.5 Å². The summed E-state index contributed by atoms with van der Waals surface area (Å²) >= 11 is 0. The lowest BCUT2D eigenvalue weighted by Crippen LogP contribution is -2.54. The minimum absolute atomic E-state index is 0.0612. The van der Waals surface area contributed by atoms with E-state index in [4.69, 9.17) is 0 Å². The third kappa shape index (κ3) is 4.79. The number of rotatable bonds is 6. The maximum atomic E-state index is 13.4. The number of aryl methyl sites for hydroxylation is 1. The summed E-state index contributed by atoms with van der Waals surface area (Å²) in [4.78, 5) is 11.0. The van der Waals surface area contributed by atoms with Crippen LogP contribution in [0.5, 0.6) is 0 Å². The normalized spacial score (nSPS) is 26.0. The molecular weight excluding hydrogens is 444 g/mol. The van der Waals surface area contributed by atoms with Crippen LogP contribution in [0.15, 0.2) is 23.1 Å². The highest BCUT2D eigenvalue weighted by molar-refractivity contribution is 7.92. The first-order chi connectivity index (χ1) is 13.3. The quantitative estimate of drug-likeness (QED) is 0.531. The van der Waals surface area contributed by atoms with Crippen molar-refractivity contribution in [3.63, 3.8) is 0 Å². The van der Waals surface area contributed by atoms with E-state index in [1.807, 2.05) is 0 Å². The van der Waals surface area contributed by atoms with Crippen LogP contribution in [-0.2, 0) is 29.7 Å². The second-order valence-electron chi connectivity index (χ2n) is 7.37. The molecule has 0 aromatic heterocycles. The van der Waals surface area contributed by atoms with Gasteiger partial charge in [0.15, 0.2) is 19.7 Å². The highest BCUT2D eigenvalue weighted by Crippen LogP contribution is 2.27. The molecule has 1 aromatic rings. The summed E-state index contributed by atoms with van der Waals surface area (Å²) in [5.41, 5.74) is 2.79. The molecule has 0 bridgehead atoms. The SMILES string of the molecule is Cc1ccc(C(=O)O)cc1S(=O)(=O)N(N[C@H]1CCS(=O)(=O)C1)[C@@H]1CCS(=O)(=O)C1. The van der Waals surface area contributed by atoms with Gasteiger partial charge in [-0.3, -0.25) is 0 Å². The maximum Gasteiger partial charge on any atom is 0.335 e. The van der Waals surface area contributed by atoms with E-state index in [0.29, 0.717) is 5.56 Å². The van der Waals surface area contributed by atoms with Crippen molar-refractivity contribution >= 4 is 35.7 Å². The molecular formula is C16H22N2O8S3. The number of carboxylic acids is 1. The van der Waals surface area contributed by atoms with Gasteiger partial charge >= 0.3 is 5.97 Å². The Labute approximate surface area is 169 Å². The zero-order chi connectivity index (χ0) is 21.6. The van der Waals surface area contributed by atoms with Crippen LogP contribution < -0.4 is 5.43 Å². The molecule has 3 rings (SSSR count). The van der Waals surface area contributed by atoms with E-state index in [1.165, 1.54) is 19.1 Å². The van der Waals surface area contributed by atoms with Crippen molar-refractivity contribution in [2.45, 2.75) is 36.7 Å². The molecule has 0 spiro atoms. The zero-order valence-electron chi connectivity index (χ0n) is 15.6. The van der Waals surface area contributed by atoms with Gasteiger partial charge in [-0.2, -0.15) is 0 Å². The molecule has 29 heavy (non-hydrogen) atoms. The van der Waals surface area contributed by atoms with Crippen LogP contribution in [0, 0.1) is 6.92 Å². The lowest BCUT2D eigenvalue weighted by Gasteiger charge is -2.31. The maximum absolute atomic E-state index is 13.4. The predicted molar refractivity (Wildman–Crippen MR) is 104 cm³/mol. The Bertz CT molecular complexity index is 1140. The van der Waals surface area contributed by atoms with E-state index in [9.17, 15) is 35.2 Å². The van der Waals surface area contributed by atoms with Crippen LogP contribution in [0.1, 0.15) is 28.8 Å². The average Bonchev–Trinajstić information content (AvgIpc) is 3.13. The molecule has 2 aliphatic rings. The molecule has 0 amide bonds. The minimum Gasteiger partial charge on any atom is -0.478 e. The van der Waals surface area contributed by atoms with Gasteiger partial charge in [0.1, 0.15) is 0 Å². The van der Waals surface area contributed by atoms with E-state index in [0.717, 1.165) is 10.5 Å². The number of hydrogen-bond donors (Lipinski definition) is 2. The predicted octanol–water partition coefficient (Wildman–Crippen LogP) is -0.437. The molecule has 10 nitrogen and oxygen atoms in total. The molecule has 2 N–H and O–H groups in total. The third-order valence-electron chi connectivity index (χ3n) is 5.05. The standard InChI is InChI=1S/C16H22N2O8S3/c1-11-2-3-12(16(19)20)8-15(11)29(25,26)18(14-5-7-28(23,24)10-14)17-13-4-6-27(21,22)9-13/h2-3,8,13-14,17H,4-7,9-10H2,1H3,(H,19,20)/t13-,14+/m0/s1. The van der Waals surface area contributed by atoms with Crippen molar-refractivity contribution in [3.05, 3.63) is 29.3 Å². The number of nitrogens with one attached hydrogen (secondary N) is 1. The molecule has 2 aliphatic heterocycles. The largest absolute Gasteiger partial charge is 0.478 e. The van der Waals surface area contributed by atoms with Crippen LogP contribution in [0.4, 0.5) is 0 Å². The van der Waals surface area contributed by atoms with Crippen LogP contribution >= 0.6 is 0 Å².